The minimum Gasteiger partial charge on any atom is -0.324 e. The second-order valence-corrected chi connectivity index (χ2v) is 15.7. The summed E-state index contributed by atoms with van der Waals surface area (Å²) in [7, 11) is -2.87. The van der Waals surface area contributed by atoms with Crippen LogP contribution in [0.3, 0.4) is 0 Å². The zero-order valence-corrected chi connectivity index (χ0v) is 32.8. The molecule has 0 bridgehead atoms. The van der Waals surface area contributed by atoms with E-state index in [1.165, 1.54) is 4.48 Å². The number of aryl methyl sites for hydroxylation is 4. The van der Waals surface area contributed by atoms with Gasteiger partial charge in [-0.2, -0.15) is 0 Å². The van der Waals surface area contributed by atoms with Crippen LogP contribution in [0.25, 0.3) is 65.8 Å². The first-order valence-corrected chi connectivity index (χ1v) is 19.8. The number of allylic oxidation sites excluding steroid dienone is 2. The van der Waals surface area contributed by atoms with Crippen LogP contribution in [0.4, 0.5) is 8.63 Å². The van der Waals surface area contributed by atoms with Gasteiger partial charge in [-0.15, -0.1) is 0 Å². The van der Waals surface area contributed by atoms with E-state index in [9.17, 15) is 0 Å². The van der Waals surface area contributed by atoms with Crippen molar-refractivity contribution in [1.82, 2.24) is 4.48 Å². The highest BCUT2D eigenvalue weighted by atomic mass is 19.2. The minimum absolute atomic E-state index is 0.423. The highest BCUT2D eigenvalue weighted by Gasteiger charge is 2.34. The van der Waals surface area contributed by atoms with Crippen molar-refractivity contribution in [2.45, 2.75) is 27.7 Å². The molecule has 0 unspecified atom stereocenters. The predicted octanol–water partition coefficient (Wildman–Crippen LogP) is 14.1. The van der Waals surface area contributed by atoms with Gasteiger partial charge in [-0.3, -0.25) is 8.63 Å². The van der Waals surface area contributed by atoms with E-state index < -0.39 is 7.40 Å². The van der Waals surface area contributed by atoms with Crippen LogP contribution in [-0.2, 0) is 0 Å². The Balaban J connectivity index is 1.40. The first-order chi connectivity index (χ1) is 28.2. The van der Waals surface area contributed by atoms with Gasteiger partial charge in [-0.1, -0.05) is 174 Å². The number of nitrogens with zero attached hydrogens (tertiary/aromatic N) is 2. The maximum atomic E-state index is 16.4. The molecule has 1 aliphatic heterocycles. The Kier molecular flexibility index (Phi) is 8.56. The number of aromatic nitrogens is 1. The lowest BCUT2D eigenvalue weighted by Crippen LogP contribution is -2.18. The Bertz CT molecular complexity index is 3110. The molecular formula is C53H39BF2N2. The third kappa shape index (κ3) is 5.97. The first kappa shape index (κ1) is 35.6. The molecule has 0 amide bonds. The van der Waals surface area contributed by atoms with E-state index in [4.69, 9.17) is 4.99 Å². The summed E-state index contributed by atoms with van der Waals surface area (Å²) in [6.45, 7) is 8.20. The number of halogens is 2. The van der Waals surface area contributed by atoms with E-state index in [2.05, 4.69) is 123 Å². The summed E-state index contributed by atoms with van der Waals surface area (Å²) in [4.78, 5) is 5.52. The third-order valence-corrected chi connectivity index (χ3v) is 11.7. The predicted molar refractivity (Wildman–Crippen MR) is 241 cm³/mol. The second kappa shape index (κ2) is 14.0. The molecule has 9 aromatic rings. The summed E-state index contributed by atoms with van der Waals surface area (Å²) < 4.78 is 34.0. The minimum atomic E-state index is -2.87. The molecule has 0 atom stereocenters. The maximum absolute atomic E-state index is 16.4. The first-order valence-electron chi connectivity index (χ1n) is 19.8. The number of rotatable bonds is 7. The lowest BCUT2D eigenvalue weighted by atomic mass is 9.85. The molecule has 58 heavy (non-hydrogen) atoms. The summed E-state index contributed by atoms with van der Waals surface area (Å²) >= 11 is 0. The molecule has 0 fully saturated rings. The van der Waals surface area contributed by atoms with Gasteiger partial charge in [0.2, 0.25) is 0 Å². The van der Waals surface area contributed by atoms with Gasteiger partial charge in [0.15, 0.2) is 0 Å². The quantitative estimate of drug-likeness (QED) is 0.114. The molecular weight excluding hydrogens is 713 g/mol. The Labute approximate surface area is 337 Å². The van der Waals surface area contributed by atoms with Gasteiger partial charge < -0.3 is 4.48 Å². The molecule has 0 aliphatic carbocycles. The maximum Gasteiger partial charge on any atom is 0.678 e. The van der Waals surface area contributed by atoms with Crippen molar-refractivity contribution in [2.75, 3.05) is 0 Å². The Hall–Kier alpha value is -6.85. The molecule has 0 saturated carbocycles. The molecule has 1 aliphatic rings. The van der Waals surface area contributed by atoms with E-state index in [1.54, 1.807) is 0 Å². The van der Waals surface area contributed by atoms with Crippen molar-refractivity contribution in [3.63, 3.8) is 0 Å². The SMILES string of the molecule is Cc1ccc(C2=CC(c3ccc(C)cc3)=N/C2=C(/c2ccc3ccc4cccc5ccc2c3c45)c2c(-c3ccc(C)cc3)cc(-c3ccc(C)cc3)n2B(F)F)cc1. The lowest BCUT2D eigenvalue weighted by Gasteiger charge is -2.22. The summed E-state index contributed by atoms with van der Waals surface area (Å²) in [5.74, 6) is 0. The monoisotopic (exact) mass is 752 g/mol. The molecule has 10 rings (SSSR count). The van der Waals surface area contributed by atoms with Crippen molar-refractivity contribution in [2.24, 2.45) is 4.99 Å². The van der Waals surface area contributed by atoms with Gasteiger partial charge in [0.05, 0.1) is 17.1 Å². The van der Waals surface area contributed by atoms with Crippen LogP contribution in [0.5, 0.6) is 0 Å². The smallest absolute Gasteiger partial charge is 0.324 e. The van der Waals surface area contributed by atoms with Gasteiger partial charge in [-0.05, 0) is 94.4 Å². The van der Waals surface area contributed by atoms with Gasteiger partial charge in [0.1, 0.15) is 0 Å². The van der Waals surface area contributed by atoms with E-state index in [0.717, 1.165) is 93.7 Å². The van der Waals surface area contributed by atoms with E-state index >= 15 is 8.63 Å². The van der Waals surface area contributed by atoms with Crippen LogP contribution in [0.2, 0.25) is 0 Å². The molecule has 0 saturated heterocycles. The van der Waals surface area contributed by atoms with Crippen molar-refractivity contribution in [3.8, 4) is 22.4 Å². The fourth-order valence-electron chi connectivity index (χ4n) is 8.64. The fraction of sp³-hybridized carbons (Fsp3) is 0.0755. The number of benzene rings is 8. The largest absolute Gasteiger partial charge is 0.678 e. The van der Waals surface area contributed by atoms with Crippen molar-refractivity contribution >= 4 is 56.6 Å². The van der Waals surface area contributed by atoms with Crippen molar-refractivity contribution in [3.05, 3.63) is 214 Å². The molecule has 2 heterocycles. The van der Waals surface area contributed by atoms with Crippen LogP contribution < -0.4 is 0 Å². The molecule has 0 spiro atoms. The summed E-state index contributed by atoms with van der Waals surface area (Å²) in [6.07, 6.45) is 2.13. The second-order valence-electron chi connectivity index (χ2n) is 15.7. The molecule has 1 aromatic heterocycles. The average Bonchev–Trinajstić information content (AvgIpc) is 3.85. The van der Waals surface area contributed by atoms with Crippen molar-refractivity contribution in [1.29, 1.82) is 0 Å². The number of aliphatic imine (C=N–C) groups is 1. The highest BCUT2D eigenvalue weighted by Crippen LogP contribution is 2.48. The van der Waals surface area contributed by atoms with Crippen LogP contribution in [0, 0.1) is 27.7 Å². The Morgan fingerprint density at radius 2 is 1.02 bits per heavy atom. The van der Waals surface area contributed by atoms with E-state index in [1.807, 2.05) is 68.4 Å². The molecule has 2 nitrogen and oxygen atoms in total. The average molecular weight is 753 g/mol. The Morgan fingerprint density at radius 1 is 0.517 bits per heavy atom. The lowest BCUT2D eigenvalue weighted by molar-refractivity contribution is 0.630. The molecule has 278 valence electrons. The molecule has 0 N–H and O–H groups in total. The summed E-state index contributed by atoms with van der Waals surface area (Å²) in [6, 6.07) is 54.0. The normalized spacial score (nSPS) is 13.8. The number of hydrogen-bond acceptors (Lipinski definition) is 1. The zero-order valence-electron chi connectivity index (χ0n) is 32.8. The topological polar surface area (TPSA) is 17.3 Å². The van der Waals surface area contributed by atoms with Crippen LogP contribution in [0.15, 0.2) is 174 Å². The zero-order chi connectivity index (χ0) is 39.7. The highest BCUT2D eigenvalue weighted by molar-refractivity contribution is 6.43. The van der Waals surface area contributed by atoms with Crippen LogP contribution >= 0.6 is 0 Å². The van der Waals surface area contributed by atoms with Crippen LogP contribution in [0.1, 0.15) is 44.6 Å². The van der Waals surface area contributed by atoms with Gasteiger partial charge in [0, 0.05) is 28.0 Å². The van der Waals surface area contributed by atoms with E-state index in [-0.39, 0.29) is 0 Å². The van der Waals surface area contributed by atoms with Crippen LogP contribution in [-0.4, -0.2) is 17.6 Å². The van der Waals surface area contributed by atoms with Crippen molar-refractivity contribution < 1.29 is 8.63 Å². The fourth-order valence-corrected chi connectivity index (χ4v) is 8.64. The third-order valence-electron chi connectivity index (χ3n) is 11.7. The summed E-state index contributed by atoms with van der Waals surface area (Å²) in [5, 5.41) is 6.64. The summed E-state index contributed by atoms with van der Waals surface area (Å²) in [5.41, 5.74) is 13.3. The van der Waals surface area contributed by atoms with Gasteiger partial charge in [-0.25, -0.2) is 4.99 Å². The Morgan fingerprint density at radius 3 is 1.60 bits per heavy atom. The van der Waals surface area contributed by atoms with Gasteiger partial charge in [0.25, 0.3) is 0 Å². The standard InChI is InChI=1S/C53H39BF2N2/c1-32-8-16-36(17-9-32)45-30-47(38-20-12-34(3)13-21-38)57-52(45)51(44-29-27-42-25-24-40-6-5-7-41-26-28-43(44)50(42)49(40)41)53-46(37-18-10-33(2)11-19-37)31-48(58(53)54(55)56)39-22-14-35(4)15-23-39/h5-31H,1-4H3/b52-51-. The number of hydrogen-bond donors (Lipinski definition) is 0. The van der Waals surface area contributed by atoms with E-state index in [0.29, 0.717) is 28.2 Å². The molecule has 8 aromatic carbocycles. The van der Waals surface area contributed by atoms with Gasteiger partial charge >= 0.3 is 7.40 Å². The molecule has 5 heteroatoms. The molecule has 0 radical (unpaired) electrons.